The lowest BCUT2D eigenvalue weighted by Crippen LogP contribution is -2.24. The summed E-state index contributed by atoms with van der Waals surface area (Å²) in [6.07, 6.45) is 0.0479. The minimum Gasteiger partial charge on any atom is -0.388 e. The number of hydrogen-bond acceptors (Lipinski definition) is 4. The molecule has 2 N–H and O–H groups in total. The molecular formula is C13H15NO2S2. The van der Waals surface area contributed by atoms with Crippen molar-refractivity contribution in [3.63, 3.8) is 0 Å². The van der Waals surface area contributed by atoms with Gasteiger partial charge in [-0.1, -0.05) is 6.07 Å². The lowest BCUT2D eigenvalue weighted by atomic mass is 10.2. The largest absolute Gasteiger partial charge is 0.388 e. The zero-order valence-corrected chi connectivity index (χ0v) is 11.7. The van der Waals surface area contributed by atoms with Gasteiger partial charge in [-0.25, -0.2) is 0 Å². The van der Waals surface area contributed by atoms with Gasteiger partial charge in [0.05, 0.1) is 11.0 Å². The zero-order chi connectivity index (χ0) is 13.0. The molecule has 2 aromatic rings. The molecule has 0 fully saturated rings. The van der Waals surface area contributed by atoms with Gasteiger partial charge in [0.15, 0.2) is 0 Å². The van der Waals surface area contributed by atoms with Crippen LogP contribution < -0.4 is 5.32 Å². The molecule has 2 rings (SSSR count). The SMILES string of the molecule is Cc1csc(C(=O)NCC[C@@H](O)c2cccs2)c1. The first kappa shape index (κ1) is 13.3. The Morgan fingerprint density at radius 1 is 1.50 bits per heavy atom. The van der Waals surface area contributed by atoms with Crippen LogP contribution in [0.1, 0.15) is 32.6 Å². The molecule has 96 valence electrons. The minimum atomic E-state index is -0.490. The number of aliphatic hydroxyl groups excluding tert-OH is 1. The molecule has 0 saturated carbocycles. The number of hydrogen-bond donors (Lipinski definition) is 2. The van der Waals surface area contributed by atoms with Crippen molar-refractivity contribution in [1.82, 2.24) is 5.32 Å². The first-order valence-electron chi connectivity index (χ1n) is 5.71. The Balaban J connectivity index is 1.77. The third kappa shape index (κ3) is 3.41. The Labute approximate surface area is 114 Å². The van der Waals surface area contributed by atoms with Crippen LogP contribution in [0.25, 0.3) is 0 Å². The van der Waals surface area contributed by atoms with Crippen molar-refractivity contribution in [2.45, 2.75) is 19.4 Å². The molecular weight excluding hydrogens is 266 g/mol. The lowest BCUT2D eigenvalue weighted by Gasteiger charge is -2.08. The fourth-order valence-electron chi connectivity index (χ4n) is 1.58. The Hall–Kier alpha value is -1.17. The smallest absolute Gasteiger partial charge is 0.261 e. The van der Waals surface area contributed by atoms with Gasteiger partial charge in [-0.2, -0.15) is 0 Å². The van der Waals surface area contributed by atoms with Crippen molar-refractivity contribution in [3.05, 3.63) is 44.3 Å². The highest BCUT2D eigenvalue weighted by molar-refractivity contribution is 7.12. The van der Waals surface area contributed by atoms with Crippen LogP contribution in [0.2, 0.25) is 0 Å². The molecule has 0 aliphatic heterocycles. The summed E-state index contributed by atoms with van der Waals surface area (Å²) in [4.78, 5) is 13.4. The molecule has 0 unspecified atom stereocenters. The van der Waals surface area contributed by atoms with Crippen molar-refractivity contribution >= 4 is 28.6 Å². The van der Waals surface area contributed by atoms with E-state index in [9.17, 15) is 9.90 Å². The summed E-state index contributed by atoms with van der Waals surface area (Å²) in [6, 6.07) is 5.69. The average molecular weight is 281 g/mol. The van der Waals surface area contributed by atoms with Crippen LogP contribution in [-0.2, 0) is 0 Å². The van der Waals surface area contributed by atoms with E-state index in [0.29, 0.717) is 13.0 Å². The van der Waals surface area contributed by atoms with E-state index in [1.807, 2.05) is 35.9 Å². The number of aryl methyl sites for hydroxylation is 1. The van der Waals surface area contributed by atoms with Gasteiger partial charge in [-0.3, -0.25) is 4.79 Å². The summed E-state index contributed by atoms with van der Waals surface area (Å²) in [7, 11) is 0. The van der Waals surface area contributed by atoms with E-state index in [1.165, 1.54) is 22.7 Å². The van der Waals surface area contributed by atoms with Crippen molar-refractivity contribution < 1.29 is 9.90 Å². The fraction of sp³-hybridized carbons (Fsp3) is 0.308. The van der Waals surface area contributed by atoms with Gasteiger partial charge in [-0.05, 0) is 41.8 Å². The number of carbonyl (C=O) groups excluding carboxylic acids is 1. The molecule has 2 heterocycles. The molecule has 0 saturated heterocycles. The Morgan fingerprint density at radius 2 is 2.33 bits per heavy atom. The van der Waals surface area contributed by atoms with Crippen LogP contribution >= 0.6 is 22.7 Å². The molecule has 0 aliphatic carbocycles. The number of amides is 1. The highest BCUT2D eigenvalue weighted by atomic mass is 32.1. The number of carbonyl (C=O) groups is 1. The van der Waals surface area contributed by atoms with E-state index in [4.69, 9.17) is 0 Å². The summed E-state index contributed by atoms with van der Waals surface area (Å²) in [5, 5.41) is 16.6. The zero-order valence-electron chi connectivity index (χ0n) is 10.1. The van der Waals surface area contributed by atoms with E-state index >= 15 is 0 Å². The molecule has 2 aromatic heterocycles. The Morgan fingerprint density at radius 3 is 2.94 bits per heavy atom. The van der Waals surface area contributed by atoms with Crippen LogP contribution in [0.4, 0.5) is 0 Å². The van der Waals surface area contributed by atoms with Crippen molar-refractivity contribution in [3.8, 4) is 0 Å². The van der Waals surface area contributed by atoms with Crippen LogP contribution in [0, 0.1) is 6.92 Å². The van der Waals surface area contributed by atoms with Crippen LogP contribution in [0.15, 0.2) is 29.0 Å². The van der Waals surface area contributed by atoms with E-state index in [1.54, 1.807) is 0 Å². The standard InChI is InChI=1S/C13H15NO2S2/c1-9-7-12(18-8-9)13(16)14-5-4-10(15)11-3-2-6-17-11/h2-3,6-8,10,15H,4-5H2,1H3,(H,14,16)/t10-/m1/s1. The maximum Gasteiger partial charge on any atom is 0.261 e. The van der Waals surface area contributed by atoms with Gasteiger partial charge in [-0.15, -0.1) is 22.7 Å². The van der Waals surface area contributed by atoms with Crippen LogP contribution in [0.3, 0.4) is 0 Å². The topological polar surface area (TPSA) is 49.3 Å². The molecule has 0 bridgehead atoms. The first-order valence-corrected chi connectivity index (χ1v) is 7.47. The summed E-state index contributed by atoms with van der Waals surface area (Å²) in [6.45, 7) is 2.45. The van der Waals surface area contributed by atoms with E-state index < -0.39 is 6.10 Å². The summed E-state index contributed by atoms with van der Waals surface area (Å²) in [5.41, 5.74) is 1.10. The lowest BCUT2D eigenvalue weighted by molar-refractivity contribution is 0.0947. The number of thiophene rings is 2. The summed E-state index contributed by atoms with van der Waals surface area (Å²) in [5.74, 6) is -0.0634. The molecule has 1 amide bonds. The quantitative estimate of drug-likeness (QED) is 0.885. The third-order valence-electron chi connectivity index (χ3n) is 2.53. The predicted octanol–water partition coefficient (Wildman–Crippen LogP) is 2.97. The molecule has 0 aromatic carbocycles. The Kier molecular flexibility index (Phi) is 4.52. The monoisotopic (exact) mass is 281 g/mol. The number of nitrogens with one attached hydrogen (secondary N) is 1. The summed E-state index contributed by atoms with van der Waals surface area (Å²) < 4.78 is 0. The molecule has 0 aliphatic rings. The highest BCUT2D eigenvalue weighted by Gasteiger charge is 2.10. The number of rotatable bonds is 5. The maximum absolute atomic E-state index is 11.7. The van der Waals surface area contributed by atoms with Crippen LogP contribution in [0.5, 0.6) is 0 Å². The number of aliphatic hydroxyl groups is 1. The van der Waals surface area contributed by atoms with Gasteiger partial charge in [0.1, 0.15) is 0 Å². The van der Waals surface area contributed by atoms with Crippen molar-refractivity contribution in [1.29, 1.82) is 0 Å². The van der Waals surface area contributed by atoms with Gasteiger partial charge in [0.2, 0.25) is 0 Å². The third-order valence-corrected chi connectivity index (χ3v) is 4.55. The second-order valence-electron chi connectivity index (χ2n) is 4.06. The molecule has 5 heteroatoms. The first-order chi connectivity index (χ1) is 8.66. The normalized spacial score (nSPS) is 12.3. The second kappa shape index (κ2) is 6.13. The van der Waals surface area contributed by atoms with E-state index in [2.05, 4.69) is 5.32 Å². The molecule has 3 nitrogen and oxygen atoms in total. The predicted molar refractivity (Wildman–Crippen MR) is 75.3 cm³/mol. The molecule has 0 radical (unpaired) electrons. The fourth-order valence-corrected chi connectivity index (χ4v) is 3.14. The summed E-state index contributed by atoms with van der Waals surface area (Å²) >= 11 is 2.97. The second-order valence-corrected chi connectivity index (χ2v) is 5.95. The molecule has 18 heavy (non-hydrogen) atoms. The minimum absolute atomic E-state index is 0.0634. The van der Waals surface area contributed by atoms with E-state index in [-0.39, 0.29) is 5.91 Å². The van der Waals surface area contributed by atoms with Gasteiger partial charge >= 0.3 is 0 Å². The average Bonchev–Trinajstić information content (AvgIpc) is 2.99. The Bertz CT molecular complexity index is 505. The van der Waals surface area contributed by atoms with E-state index in [0.717, 1.165) is 15.3 Å². The van der Waals surface area contributed by atoms with Crippen LogP contribution in [-0.4, -0.2) is 17.6 Å². The van der Waals surface area contributed by atoms with Gasteiger partial charge in [0.25, 0.3) is 5.91 Å². The van der Waals surface area contributed by atoms with Crippen molar-refractivity contribution in [2.24, 2.45) is 0 Å². The molecule has 0 spiro atoms. The maximum atomic E-state index is 11.7. The van der Waals surface area contributed by atoms with Gasteiger partial charge < -0.3 is 10.4 Å². The highest BCUT2D eigenvalue weighted by Crippen LogP contribution is 2.21. The molecule has 1 atom stereocenters. The van der Waals surface area contributed by atoms with Crippen molar-refractivity contribution in [2.75, 3.05) is 6.54 Å². The van der Waals surface area contributed by atoms with Gasteiger partial charge in [0, 0.05) is 11.4 Å².